The number of amides is 1. The first-order chi connectivity index (χ1) is 10.9. The Morgan fingerprint density at radius 1 is 1.09 bits per heavy atom. The summed E-state index contributed by atoms with van der Waals surface area (Å²) in [7, 11) is 0. The summed E-state index contributed by atoms with van der Waals surface area (Å²) in [5.41, 5.74) is -0.407. The molecule has 0 spiro atoms. The van der Waals surface area contributed by atoms with Gasteiger partial charge in [0.05, 0.1) is 0 Å². The van der Waals surface area contributed by atoms with Gasteiger partial charge in [-0.3, -0.25) is 4.90 Å². The number of nitrogens with zero attached hydrogens (tertiary/aromatic N) is 2. The van der Waals surface area contributed by atoms with Crippen molar-refractivity contribution in [3.63, 3.8) is 0 Å². The molecule has 1 aliphatic heterocycles. The van der Waals surface area contributed by atoms with Crippen LogP contribution in [0.1, 0.15) is 40.0 Å². The molecule has 5 nitrogen and oxygen atoms in total. The van der Waals surface area contributed by atoms with Crippen LogP contribution in [0.2, 0.25) is 0 Å². The molecule has 0 aliphatic carbocycles. The van der Waals surface area contributed by atoms with Gasteiger partial charge in [0.15, 0.2) is 0 Å². The zero-order valence-corrected chi connectivity index (χ0v) is 16.2. The van der Waals surface area contributed by atoms with E-state index in [1.807, 2.05) is 37.4 Å². The van der Waals surface area contributed by atoms with Crippen molar-refractivity contribution in [3.05, 3.63) is 0 Å². The molecule has 6 heteroatoms. The normalized spacial score (nSPS) is 16.6. The zero-order valence-electron chi connectivity index (χ0n) is 15.4. The largest absolute Gasteiger partial charge is 0.444 e. The molecule has 1 aliphatic rings. The average Bonchev–Trinajstić information content (AvgIpc) is 2.49. The van der Waals surface area contributed by atoms with Crippen LogP contribution in [-0.4, -0.2) is 79.3 Å². The van der Waals surface area contributed by atoms with Crippen LogP contribution in [-0.2, 0) is 4.74 Å². The molecule has 1 N–H and O–H groups in total. The first kappa shape index (κ1) is 20.6. The number of thioether (sulfide) groups is 1. The van der Waals surface area contributed by atoms with Crippen LogP contribution in [0.15, 0.2) is 0 Å². The third kappa shape index (κ3) is 10.1. The van der Waals surface area contributed by atoms with Crippen LogP contribution in [0.4, 0.5) is 4.79 Å². The Bertz CT molecular complexity index is 326. The Hall–Kier alpha value is -0.460. The monoisotopic (exact) mass is 345 g/mol. The summed E-state index contributed by atoms with van der Waals surface area (Å²) in [5.74, 6) is 1.27. The van der Waals surface area contributed by atoms with Crippen molar-refractivity contribution in [2.75, 3.05) is 57.8 Å². The van der Waals surface area contributed by atoms with Gasteiger partial charge in [0.25, 0.3) is 0 Å². The van der Waals surface area contributed by atoms with Gasteiger partial charge in [-0.05, 0) is 71.7 Å². The van der Waals surface area contributed by atoms with E-state index in [9.17, 15) is 4.79 Å². The summed E-state index contributed by atoms with van der Waals surface area (Å²) in [6.07, 6.45) is 5.74. The first-order valence-electron chi connectivity index (χ1n) is 8.82. The van der Waals surface area contributed by atoms with Gasteiger partial charge >= 0.3 is 6.09 Å². The van der Waals surface area contributed by atoms with Crippen molar-refractivity contribution in [2.24, 2.45) is 0 Å². The van der Waals surface area contributed by atoms with Gasteiger partial charge in [0, 0.05) is 26.2 Å². The Morgan fingerprint density at radius 2 is 1.74 bits per heavy atom. The number of piperazine rings is 1. The minimum Gasteiger partial charge on any atom is -0.444 e. The highest BCUT2D eigenvalue weighted by Gasteiger charge is 2.25. The SMILES string of the molecule is CSCCCCNCCCN1CCN(C(=O)OC(C)(C)C)CC1. The van der Waals surface area contributed by atoms with Gasteiger partial charge in [0.1, 0.15) is 5.60 Å². The van der Waals surface area contributed by atoms with Gasteiger partial charge in [-0.25, -0.2) is 4.79 Å². The van der Waals surface area contributed by atoms with Gasteiger partial charge in [0.2, 0.25) is 0 Å². The Morgan fingerprint density at radius 3 is 2.35 bits per heavy atom. The molecular formula is C17H35N3O2S. The van der Waals surface area contributed by atoms with E-state index in [0.29, 0.717) is 0 Å². The van der Waals surface area contributed by atoms with Gasteiger partial charge in [-0.1, -0.05) is 0 Å². The van der Waals surface area contributed by atoms with Crippen molar-refractivity contribution < 1.29 is 9.53 Å². The van der Waals surface area contributed by atoms with Crippen LogP contribution in [0.3, 0.4) is 0 Å². The molecule has 0 aromatic carbocycles. The van der Waals surface area contributed by atoms with Crippen LogP contribution < -0.4 is 5.32 Å². The number of rotatable bonds is 9. The van der Waals surface area contributed by atoms with E-state index < -0.39 is 5.60 Å². The fraction of sp³-hybridized carbons (Fsp3) is 0.941. The lowest BCUT2D eigenvalue weighted by Gasteiger charge is -2.35. The van der Waals surface area contributed by atoms with E-state index in [0.717, 1.165) is 45.8 Å². The molecule has 0 aromatic rings. The van der Waals surface area contributed by atoms with E-state index in [1.165, 1.54) is 25.0 Å². The highest BCUT2D eigenvalue weighted by molar-refractivity contribution is 7.98. The van der Waals surface area contributed by atoms with Crippen molar-refractivity contribution >= 4 is 17.9 Å². The smallest absolute Gasteiger partial charge is 0.410 e. The summed E-state index contributed by atoms with van der Waals surface area (Å²) < 4.78 is 5.42. The van der Waals surface area contributed by atoms with E-state index in [4.69, 9.17) is 4.74 Å². The lowest BCUT2D eigenvalue weighted by atomic mass is 10.2. The zero-order chi connectivity index (χ0) is 17.1. The molecule has 0 saturated carbocycles. The second-order valence-electron chi connectivity index (χ2n) is 7.11. The lowest BCUT2D eigenvalue weighted by molar-refractivity contribution is 0.0144. The molecule has 23 heavy (non-hydrogen) atoms. The maximum absolute atomic E-state index is 12.0. The van der Waals surface area contributed by atoms with Crippen molar-refractivity contribution in [1.29, 1.82) is 0 Å². The van der Waals surface area contributed by atoms with Crippen molar-refractivity contribution in [3.8, 4) is 0 Å². The standard InChI is InChI=1S/C17H35N3O2S/c1-17(2,3)22-16(21)20-13-11-19(12-14-20)10-7-9-18-8-5-6-15-23-4/h18H,5-15H2,1-4H3. The number of ether oxygens (including phenoxy) is 1. The summed E-state index contributed by atoms with van der Waals surface area (Å²) in [6, 6.07) is 0. The summed E-state index contributed by atoms with van der Waals surface area (Å²) >= 11 is 1.92. The second kappa shape index (κ2) is 11.2. The van der Waals surface area contributed by atoms with Crippen LogP contribution in [0.25, 0.3) is 0 Å². The number of hydrogen-bond acceptors (Lipinski definition) is 5. The second-order valence-corrected chi connectivity index (χ2v) is 8.10. The molecule has 1 saturated heterocycles. The molecule has 1 amide bonds. The summed E-state index contributed by atoms with van der Waals surface area (Å²) in [5, 5.41) is 3.52. The van der Waals surface area contributed by atoms with Gasteiger partial charge in [-0.15, -0.1) is 0 Å². The fourth-order valence-corrected chi connectivity index (χ4v) is 3.02. The van der Waals surface area contributed by atoms with E-state index in [2.05, 4.69) is 16.5 Å². The van der Waals surface area contributed by atoms with E-state index >= 15 is 0 Å². The van der Waals surface area contributed by atoms with Crippen LogP contribution in [0.5, 0.6) is 0 Å². The summed E-state index contributed by atoms with van der Waals surface area (Å²) in [6.45, 7) is 12.5. The lowest BCUT2D eigenvalue weighted by Crippen LogP contribution is -2.50. The molecule has 1 heterocycles. The summed E-state index contributed by atoms with van der Waals surface area (Å²) in [4.78, 5) is 16.3. The highest BCUT2D eigenvalue weighted by Crippen LogP contribution is 2.11. The van der Waals surface area contributed by atoms with Crippen molar-refractivity contribution in [2.45, 2.75) is 45.6 Å². The van der Waals surface area contributed by atoms with Crippen molar-refractivity contribution in [1.82, 2.24) is 15.1 Å². The minimum atomic E-state index is -0.407. The van der Waals surface area contributed by atoms with Crippen LogP contribution >= 0.6 is 11.8 Å². The molecule has 0 unspecified atom stereocenters. The number of hydrogen-bond donors (Lipinski definition) is 1. The Balaban J connectivity index is 2.03. The molecule has 0 radical (unpaired) electrons. The predicted molar refractivity (Wildman–Crippen MR) is 99.3 cm³/mol. The molecule has 0 aromatic heterocycles. The van der Waals surface area contributed by atoms with Crippen LogP contribution in [0, 0.1) is 0 Å². The molecule has 1 rings (SSSR count). The minimum absolute atomic E-state index is 0.177. The maximum atomic E-state index is 12.0. The number of carbonyl (C=O) groups is 1. The molecule has 136 valence electrons. The maximum Gasteiger partial charge on any atom is 0.410 e. The quantitative estimate of drug-likeness (QED) is 0.651. The highest BCUT2D eigenvalue weighted by atomic mass is 32.2. The number of carbonyl (C=O) groups excluding carboxylic acids is 1. The van der Waals surface area contributed by atoms with E-state index in [-0.39, 0.29) is 6.09 Å². The number of unbranched alkanes of at least 4 members (excludes halogenated alkanes) is 1. The van der Waals surface area contributed by atoms with Gasteiger partial charge < -0.3 is 15.0 Å². The molecule has 0 bridgehead atoms. The molecule has 0 atom stereocenters. The average molecular weight is 346 g/mol. The topological polar surface area (TPSA) is 44.8 Å². The third-order valence-corrected chi connectivity index (χ3v) is 4.50. The Kier molecular flexibility index (Phi) is 9.99. The first-order valence-corrected chi connectivity index (χ1v) is 10.2. The molecular weight excluding hydrogens is 310 g/mol. The number of nitrogens with one attached hydrogen (secondary N) is 1. The predicted octanol–water partition coefficient (Wildman–Crippen LogP) is 2.66. The molecule has 1 fully saturated rings. The van der Waals surface area contributed by atoms with E-state index in [1.54, 1.807) is 0 Å². The third-order valence-electron chi connectivity index (χ3n) is 3.80. The fourth-order valence-electron chi connectivity index (χ4n) is 2.53. The Labute approximate surface area is 146 Å². The van der Waals surface area contributed by atoms with Gasteiger partial charge in [-0.2, -0.15) is 11.8 Å².